The normalized spacial score (nSPS) is 18.2. The maximum atomic E-state index is 11.5. The summed E-state index contributed by atoms with van der Waals surface area (Å²) in [6.07, 6.45) is 1.77. The van der Waals surface area contributed by atoms with Crippen LogP contribution in [-0.2, 0) is 17.6 Å². The zero-order valence-electron chi connectivity index (χ0n) is 9.40. The van der Waals surface area contributed by atoms with E-state index in [-0.39, 0.29) is 12.6 Å². The highest BCUT2D eigenvalue weighted by atomic mass is 16.5. The summed E-state index contributed by atoms with van der Waals surface area (Å²) in [5.41, 5.74) is 3.02. The lowest BCUT2D eigenvalue weighted by Gasteiger charge is -2.04. The Morgan fingerprint density at radius 2 is 2.19 bits per heavy atom. The van der Waals surface area contributed by atoms with Gasteiger partial charge >= 0.3 is 5.97 Å². The van der Waals surface area contributed by atoms with Crippen LogP contribution >= 0.6 is 0 Å². The Labute approximate surface area is 95.0 Å². The molecule has 1 aromatic carbocycles. The molecule has 0 fully saturated rings. The van der Waals surface area contributed by atoms with Gasteiger partial charge in [-0.05, 0) is 48.9 Å². The second kappa shape index (κ2) is 4.66. The van der Waals surface area contributed by atoms with E-state index in [0.29, 0.717) is 18.1 Å². The Hall–Kier alpha value is -1.35. The van der Waals surface area contributed by atoms with Gasteiger partial charge in [0, 0.05) is 6.61 Å². The zero-order valence-corrected chi connectivity index (χ0v) is 9.40. The van der Waals surface area contributed by atoms with Crippen molar-refractivity contribution in [1.29, 1.82) is 0 Å². The molecule has 1 aromatic rings. The van der Waals surface area contributed by atoms with Gasteiger partial charge in [-0.15, -0.1) is 0 Å². The predicted octanol–water partition coefficient (Wildman–Crippen LogP) is 1.57. The van der Waals surface area contributed by atoms with Gasteiger partial charge in [0.15, 0.2) is 0 Å². The fourth-order valence-corrected chi connectivity index (χ4v) is 2.18. The highest BCUT2D eigenvalue weighted by molar-refractivity contribution is 5.89. The van der Waals surface area contributed by atoms with Gasteiger partial charge in [0.1, 0.15) is 0 Å². The number of hydrogen-bond acceptors (Lipinski definition) is 3. The average Bonchev–Trinajstić information content (AvgIpc) is 2.70. The fourth-order valence-electron chi connectivity index (χ4n) is 2.18. The Morgan fingerprint density at radius 1 is 1.44 bits per heavy atom. The molecule has 1 N–H and O–H groups in total. The third-order valence-electron chi connectivity index (χ3n) is 2.99. The van der Waals surface area contributed by atoms with E-state index in [9.17, 15) is 4.79 Å². The quantitative estimate of drug-likeness (QED) is 0.786. The van der Waals surface area contributed by atoms with E-state index in [2.05, 4.69) is 0 Å². The molecule has 3 nitrogen and oxygen atoms in total. The molecule has 0 amide bonds. The van der Waals surface area contributed by atoms with Crippen molar-refractivity contribution in [1.82, 2.24) is 0 Å². The van der Waals surface area contributed by atoms with Crippen molar-refractivity contribution < 1.29 is 14.6 Å². The first kappa shape index (κ1) is 11.1. The van der Waals surface area contributed by atoms with Gasteiger partial charge in [0.25, 0.3) is 0 Å². The molecule has 1 atom stereocenters. The van der Waals surface area contributed by atoms with Crippen LogP contribution < -0.4 is 0 Å². The van der Waals surface area contributed by atoms with Crippen LogP contribution in [0.1, 0.15) is 28.4 Å². The first-order valence-corrected chi connectivity index (χ1v) is 5.64. The molecule has 0 heterocycles. The summed E-state index contributed by atoms with van der Waals surface area (Å²) >= 11 is 0. The molecule has 0 spiro atoms. The molecule has 1 aliphatic rings. The number of carbonyl (C=O) groups excluding carboxylic acids is 1. The molecule has 1 aliphatic carbocycles. The molecule has 0 saturated heterocycles. The topological polar surface area (TPSA) is 46.5 Å². The van der Waals surface area contributed by atoms with Gasteiger partial charge in [-0.25, -0.2) is 4.79 Å². The van der Waals surface area contributed by atoms with Crippen LogP contribution in [0.25, 0.3) is 0 Å². The van der Waals surface area contributed by atoms with Crippen LogP contribution in [0.2, 0.25) is 0 Å². The van der Waals surface area contributed by atoms with Crippen molar-refractivity contribution in [3.63, 3.8) is 0 Å². The summed E-state index contributed by atoms with van der Waals surface area (Å²) in [5.74, 6) is 0.0465. The molecule has 2 rings (SSSR count). The fraction of sp³-hybridized carbons (Fsp3) is 0.462. The molecular formula is C13H16O3. The monoisotopic (exact) mass is 220 g/mol. The summed E-state index contributed by atoms with van der Waals surface area (Å²) in [7, 11) is 0. The minimum absolute atomic E-state index is 0.212. The van der Waals surface area contributed by atoms with E-state index in [1.807, 2.05) is 12.1 Å². The van der Waals surface area contributed by atoms with Crippen molar-refractivity contribution in [2.24, 2.45) is 5.92 Å². The Bertz CT molecular complexity index is 398. The summed E-state index contributed by atoms with van der Waals surface area (Å²) in [5, 5.41) is 9.11. The summed E-state index contributed by atoms with van der Waals surface area (Å²) < 4.78 is 4.95. The van der Waals surface area contributed by atoms with Crippen LogP contribution in [0.5, 0.6) is 0 Å². The van der Waals surface area contributed by atoms with Gasteiger partial charge in [0.05, 0.1) is 12.2 Å². The minimum Gasteiger partial charge on any atom is -0.462 e. The third kappa shape index (κ3) is 2.09. The molecular weight excluding hydrogens is 204 g/mol. The first-order chi connectivity index (χ1) is 7.74. The number of rotatable bonds is 3. The second-order valence-corrected chi connectivity index (χ2v) is 4.16. The van der Waals surface area contributed by atoms with Crippen molar-refractivity contribution in [2.75, 3.05) is 13.2 Å². The lowest BCUT2D eigenvalue weighted by Crippen LogP contribution is -2.05. The number of benzene rings is 1. The molecule has 0 bridgehead atoms. The number of esters is 1. The highest BCUT2D eigenvalue weighted by Crippen LogP contribution is 2.27. The molecule has 3 heteroatoms. The van der Waals surface area contributed by atoms with E-state index in [4.69, 9.17) is 9.84 Å². The number of fused-ring (bicyclic) bond motifs is 1. The van der Waals surface area contributed by atoms with Crippen LogP contribution in [0.15, 0.2) is 18.2 Å². The number of hydrogen-bond donors (Lipinski definition) is 1. The molecule has 1 unspecified atom stereocenters. The van der Waals surface area contributed by atoms with Gasteiger partial charge in [-0.2, -0.15) is 0 Å². The van der Waals surface area contributed by atoms with Crippen LogP contribution in [0.3, 0.4) is 0 Å². The summed E-state index contributed by atoms with van der Waals surface area (Å²) in [6, 6.07) is 5.66. The van der Waals surface area contributed by atoms with Crippen molar-refractivity contribution in [3.05, 3.63) is 34.9 Å². The van der Waals surface area contributed by atoms with Crippen molar-refractivity contribution in [2.45, 2.75) is 19.8 Å². The smallest absolute Gasteiger partial charge is 0.338 e. The van der Waals surface area contributed by atoms with Gasteiger partial charge in [-0.1, -0.05) is 6.07 Å². The minimum atomic E-state index is -0.266. The molecule has 16 heavy (non-hydrogen) atoms. The molecule has 0 aromatic heterocycles. The number of aliphatic hydroxyl groups is 1. The second-order valence-electron chi connectivity index (χ2n) is 4.16. The van der Waals surface area contributed by atoms with E-state index in [1.54, 1.807) is 13.0 Å². The third-order valence-corrected chi connectivity index (χ3v) is 2.99. The van der Waals surface area contributed by atoms with Gasteiger partial charge < -0.3 is 9.84 Å². The van der Waals surface area contributed by atoms with Crippen molar-refractivity contribution >= 4 is 5.97 Å². The van der Waals surface area contributed by atoms with Crippen LogP contribution in [0, 0.1) is 5.92 Å². The number of aliphatic hydroxyl groups excluding tert-OH is 1. The highest BCUT2D eigenvalue weighted by Gasteiger charge is 2.21. The maximum absolute atomic E-state index is 11.5. The number of ether oxygens (including phenoxy) is 1. The van der Waals surface area contributed by atoms with Crippen LogP contribution in [-0.4, -0.2) is 24.3 Å². The van der Waals surface area contributed by atoms with Crippen LogP contribution in [0.4, 0.5) is 0 Å². The Kier molecular flexibility index (Phi) is 3.25. The molecule has 0 aliphatic heterocycles. The first-order valence-electron chi connectivity index (χ1n) is 5.64. The SMILES string of the molecule is CCOC(=O)c1ccc2c(c1)CC(CO)C2. The predicted molar refractivity (Wildman–Crippen MR) is 60.4 cm³/mol. The molecule has 0 saturated carbocycles. The van der Waals surface area contributed by atoms with E-state index >= 15 is 0 Å². The lowest BCUT2D eigenvalue weighted by molar-refractivity contribution is 0.0526. The van der Waals surface area contributed by atoms with E-state index in [0.717, 1.165) is 12.8 Å². The summed E-state index contributed by atoms with van der Waals surface area (Å²) in [6.45, 7) is 2.41. The molecule has 0 radical (unpaired) electrons. The number of carbonyl (C=O) groups is 1. The van der Waals surface area contributed by atoms with Gasteiger partial charge in [0.2, 0.25) is 0 Å². The maximum Gasteiger partial charge on any atom is 0.338 e. The van der Waals surface area contributed by atoms with Gasteiger partial charge in [-0.3, -0.25) is 0 Å². The Morgan fingerprint density at radius 3 is 2.88 bits per heavy atom. The summed E-state index contributed by atoms with van der Waals surface area (Å²) in [4.78, 5) is 11.5. The Balaban J connectivity index is 2.19. The lowest BCUT2D eigenvalue weighted by atomic mass is 10.1. The largest absolute Gasteiger partial charge is 0.462 e. The van der Waals surface area contributed by atoms with Crippen molar-refractivity contribution in [3.8, 4) is 0 Å². The zero-order chi connectivity index (χ0) is 11.5. The average molecular weight is 220 g/mol. The van der Waals surface area contributed by atoms with E-state index < -0.39 is 0 Å². The van der Waals surface area contributed by atoms with E-state index in [1.165, 1.54) is 11.1 Å². The molecule has 86 valence electrons. The standard InChI is InChI=1S/C13H16O3/c1-2-16-13(15)11-4-3-10-5-9(8-14)6-12(10)7-11/h3-4,7,9,14H,2,5-6,8H2,1H3.